The van der Waals surface area contributed by atoms with Crippen molar-refractivity contribution < 1.29 is 0 Å². The Kier molecular flexibility index (Phi) is 9.53. The number of nitrogens with one attached hydrogen (secondary N) is 2. The van der Waals surface area contributed by atoms with Gasteiger partial charge < -0.3 is 15.5 Å². The Morgan fingerprint density at radius 2 is 1.79 bits per heavy atom. The molecule has 1 aromatic heterocycles. The number of rotatable bonds is 6. The molecule has 28 heavy (non-hydrogen) atoms. The maximum absolute atomic E-state index is 4.35. The van der Waals surface area contributed by atoms with Gasteiger partial charge in [0.15, 0.2) is 5.96 Å². The number of aliphatic imine (C=N–C) groups is 1. The van der Waals surface area contributed by atoms with Crippen LogP contribution in [-0.2, 0) is 6.54 Å². The summed E-state index contributed by atoms with van der Waals surface area (Å²) in [5, 5.41) is 6.88. The number of hydrogen-bond donors (Lipinski definition) is 2. The van der Waals surface area contributed by atoms with Crippen molar-refractivity contribution in [3.8, 4) is 0 Å². The highest BCUT2D eigenvalue weighted by Crippen LogP contribution is 2.16. The normalized spacial score (nSPS) is 16.4. The van der Waals surface area contributed by atoms with Crippen LogP contribution in [-0.4, -0.2) is 56.7 Å². The van der Waals surface area contributed by atoms with Crippen molar-refractivity contribution in [2.45, 2.75) is 26.4 Å². The minimum absolute atomic E-state index is 0. The maximum Gasteiger partial charge on any atom is 0.191 e. The SMILES string of the molecule is CN=C(NCc1ccc(C)s1)NCC(C)N1CCN(c2ccccc2)CC1.I. The zero-order valence-electron chi connectivity index (χ0n) is 17.0. The Morgan fingerprint density at radius 3 is 2.39 bits per heavy atom. The van der Waals surface area contributed by atoms with E-state index in [2.05, 4.69) is 81.7 Å². The van der Waals surface area contributed by atoms with Crippen LogP contribution in [0, 0.1) is 6.92 Å². The Balaban J connectivity index is 0.00000280. The Labute approximate surface area is 190 Å². The van der Waals surface area contributed by atoms with Gasteiger partial charge >= 0.3 is 0 Å². The summed E-state index contributed by atoms with van der Waals surface area (Å²) < 4.78 is 0. The first-order valence-corrected chi connectivity index (χ1v) is 10.5. The number of aryl methyl sites for hydroxylation is 1. The summed E-state index contributed by atoms with van der Waals surface area (Å²) in [6.07, 6.45) is 0. The molecule has 0 spiro atoms. The number of thiophene rings is 1. The van der Waals surface area contributed by atoms with Gasteiger partial charge in [0.05, 0.1) is 6.54 Å². The van der Waals surface area contributed by atoms with Crippen molar-refractivity contribution in [1.29, 1.82) is 0 Å². The zero-order chi connectivity index (χ0) is 19.1. The summed E-state index contributed by atoms with van der Waals surface area (Å²) in [6.45, 7) is 10.5. The van der Waals surface area contributed by atoms with E-state index in [0.29, 0.717) is 6.04 Å². The molecular weight excluding hydrogens is 481 g/mol. The highest BCUT2D eigenvalue weighted by molar-refractivity contribution is 14.0. The van der Waals surface area contributed by atoms with Gasteiger partial charge in [0.2, 0.25) is 0 Å². The van der Waals surface area contributed by atoms with Gasteiger partial charge in [-0.3, -0.25) is 9.89 Å². The van der Waals surface area contributed by atoms with E-state index in [1.165, 1.54) is 15.4 Å². The fourth-order valence-electron chi connectivity index (χ4n) is 3.40. The van der Waals surface area contributed by atoms with Gasteiger partial charge in [0.25, 0.3) is 0 Å². The number of halogens is 1. The third-order valence-corrected chi connectivity index (χ3v) is 6.07. The van der Waals surface area contributed by atoms with Gasteiger partial charge in [0, 0.05) is 61.3 Å². The Bertz CT molecular complexity index is 725. The average Bonchev–Trinajstić information content (AvgIpc) is 3.14. The minimum atomic E-state index is 0. The van der Waals surface area contributed by atoms with Gasteiger partial charge in [0.1, 0.15) is 0 Å². The van der Waals surface area contributed by atoms with E-state index in [9.17, 15) is 0 Å². The number of benzene rings is 1. The van der Waals surface area contributed by atoms with Gasteiger partial charge in [-0.25, -0.2) is 0 Å². The van der Waals surface area contributed by atoms with Gasteiger partial charge in [-0.1, -0.05) is 18.2 Å². The second-order valence-electron chi connectivity index (χ2n) is 7.03. The van der Waals surface area contributed by atoms with Crippen LogP contribution in [0.3, 0.4) is 0 Å². The largest absolute Gasteiger partial charge is 0.369 e. The lowest BCUT2D eigenvalue weighted by Gasteiger charge is -2.39. The molecule has 0 radical (unpaired) electrons. The van der Waals surface area contributed by atoms with Crippen molar-refractivity contribution in [2.24, 2.45) is 4.99 Å². The summed E-state index contributed by atoms with van der Waals surface area (Å²) >= 11 is 1.83. The van der Waals surface area contributed by atoms with E-state index in [1.807, 2.05) is 18.4 Å². The molecule has 154 valence electrons. The van der Waals surface area contributed by atoms with Crippen LogP contribution in [0.25, 0.3) is 0 Å². The summed E-state index contributed by atoms with van der Waals surface area (Å²) in [4.78, 5) is 12.1. The molecule has 2 aromatic rings. The van der Waals surface area contributed by atoms with Gasteiger partial charge in [-0.2, -0.15) is 0 Å². The van der Waals surface area contributed by atoms with Crippen LogP contribution >= 0.6 is 35.3 Å². The summed E-state index contributed by atoms with van der Waals surface area (Å²) in [5.74, 6) is 0.871. The lowest BCUT2D eigenvalue weighted by molar-refractivity contribution is 0.197. The molecule has 1 aliphatic rings. The van der Waals surface area contributed by atoms with E-state index in [1.54, 1.807) is 0 Å². The smallest absolute Gasteiger partial charge is 0.191 e. The second-order valence-corrected chi connectivity index (χ2v) is 8.40. The second kappa shape index (κ2) is 11.6. The fourth-order valence-corrected chi connectivity index (χ4v) is 4.23. The molecule has 0 amide bonds. The van der Waals surface area contributed by atoms with Crippen LogP contribution < -0.4 is 15.5 Å². The van der Waals surface area contributed by atoms with Crippen LogP contribution in [0.2, 0.25) is 0 Å². The van der Waals surface area contributed by atoms with Crippen molar-refractivity contribution >= 4 is 47.0 Å². The molecule has 2 N–H and O–H groups in total. The number of guanidine groups is 1. The molecule has 1 unspecified atom stereocenters. The summed E-state index contributed by atoms with van der Waals surface area (Å²) in [5.41, 5.74) is 1.33. The molecule has 2 heterocycles. The van der Waals surface area contributed by atoms with E-state index in [4.69, 9.17) is 0 Å². The molecule has 0 aliphatic carbocycles. The third-order valence-electron chi connectivity index (χ3n) is 5.07. The van der Waals surface area contributed by atoms with Gasteiger partial charge in [-0.05, 0) is 38.1 Å². The van der Waals surface area contributed by atoms with Crippen molar-refractivity contribution in [3.05, 3.63) is 52.2 Å². The molecule has 0 saturated carbocycles. The van der Waals surface area contributed by atoms with Crippen LogP contribution in [0.15, 0.2) is 47.5 Å². The summed E-state index contributed by atoms with van der Waals surface area (Å²) in [7, 11) is 1.83. The maximum atomic E-state index is 4.35. The average molecular weight is 513 g/mol. The molecule has 7 heteroatoms. The highest BCUT2D eigenvalue weighted by Gasteiger charge is 2.21. The molecule has 1 aliphatic heterocycles. The third kappa shape index (κ3) is 6.63. The van der Waals surface area contributed by atoms with E-state index in [-0.39, 0.29) is 24.0 Å². The van der Waals surface area contributed by atoms with Crippen molar-refractivity contribution in [2.75, 3.05) is 44.7 Å². The first-order valence-electron chi connectivity index (χ1n) is 9.69. The molecule has 3 rings (SSSR count). The molecule has 5 nitrogen and oxygen atoms in total. The predicted octanol–water partition coefficient (Wildman–Crippen LogP) is 3.55. The highest BCUT2D eigenvalue weighted by atomic mass is 127. The topological polar surface area (TPSA) is 42.9 Å². The number of piperazine rings is 1. The Morgan fingerprint density at radius 1 is 1.07 bits per heavy atom. The molecule has 0 bridgehead atoms. The van der Waals surface area contributed by atoms with Crippen LogP contribution in [0.4, 0.5) is 5.69 Å². The molecular formula is C21H32IN5S. The zero-order valence-corrected chi connectivity index (χ0v) is 20.2. The summed E-state index contributed by atoms with van der Waals surface area (Å²) in [6, 6.07) is 15.5. The van der Waals surface area contributed by atoms with Crippen molar-refractivity contribution in [3.63, 3.8) is 0 Å². The molecule has 1 fully saturated rings. The van der Waals surface area contributed by atoms with Crippen LogP contribution in [0.5, 0.6) is 0 Å². The van der Waals surface area contributed by atoms with E-state index in [0.717, 1.165) is 45.2 Å². The minimum Gasteiger partial charge on any atom is -0.369 e. The monoisotopic (exact) mass is 513 g/mol. The Hall–Kier alpha value is -1.32. The predicted molar refractivity (Wildman–Crippen MR) is 132 cm³/mol. The van der Waals surface area contributed by atoms with Crippen molar-refractivity contribution in [1.82, 2.24) is 15.5 Å². The van der Waals surface area contributed by atoms with E-state index >= 15 is 0 Å². The quantitative estimate of drug-likeness (QED) is 0.353. The lowest BCUT2D eigenvalue weighted by Crippen LogP contribution is -2.53. The first-order chi connectivity index (χ1) is 13.2. The number of anilines is 1. The fraction of sp³-hybridized carbons (Fsp3) is 0.476. The molecule has 1 saturated heterocycles. The number of nitrogens with zero attached hydrogens (tertiary/aromatic N) is 3. The van der Waals surface area contributed by atoms with Crippen LogP contribution in [0.1, 0.15) is 16.7 Å². The molecule has 1 aromatic carbocycles. The van der Waals surface area contributed by atoms with E-state index < -0.39 is 0 Å². The lowest BCUT2D eigenvalue weighted by atomic mass is 10.2. The van der Waals surface area contributed by atoms with Gasteiger partial charge in [-0.15, -0.1) is 35.3 Å². The first kappa shape index (κ1) is 23.0. The standard InChI is InChI=1S/C21H31N5S.HI/c1-17(15-23-21(22-3)24-16-20-10-9-18(2)27-20)25-11-13-26(14-12-25)19-7-5-4-6-8-19;/h4-10,17H,11-16H2,1-3H3,(H2,22,23,24);1H. The number of hydrogen-bond acceptors (Lipinski definition) is 4. The number of para-hydroxylation sites is 1. The molecule has 1 atom stereocenters.